The maximum Gasteiger partial charge on any atom is 0.374 e. The van der Waals surface area contributed by atoms with Gasteiger partial charge in [-0.3, -0.25) is 0 Å². The van der Waals surface area contributed by atoms with Crippen molar-refractivity contribution in [3.05, 3.63) is 35.9 Å². The number of benzene rings is 1. The molecule has 19 heavy (non-hydrogen) atoms. The highest BCUT2D eigenvalue weighted by atomic mass is 17.4. The van der Waals surface area contributed by atoms with Crippen LogP contribution in [-0.2, 0) is 24.9 Å². The summed E-state index contributed by atoms with van der Waals surface area (Å²) in [7, 11) is 0. The second-order valence-electron chi connectivity index (χ2n) is 6.30. The van der Waals surface area contributed by atoms with Crippen molar-refractivity contribution in [2.45, 2.75) is 46.0 Å². The van der Waals surface area contributed by atoms with E-state index in [0.717, 1.165) is 5.56 Å². The summed E-state index contributed by atoms with van der Waals surface area (Å²) in [4.78, 5) is 22.1. The molecule has 0 aromatic heterocycles. The zero-order valence-electron chi connectivity index (χ0n) is 12.0. The molecule has 4 nitrogen and oxygen atoms in total. The lowest BCUT2D eigenvalue weighted by Gasteiger charge is -2.29. The summed E-state index contributed by atoms with van der Waals surface area (Å²) in [6.07, 6.45) is 0. The lowest BCUT2D eigenvalue weighted by atomic mass is 9.86. The molecule has 2 rings (SSSR count). The van der Waals surface area contributed by atoms with Crippen LogP contribution in [-0.4, -0.2) is 11.8 Å². The molecule has 0 unspecified atom stereocenters. The monoisotopic (exact) mass is 264 g/mol. The maximum atomic E-state index is 12.3. The van der Waals surface area contributed by atoms with Gasteiger partial charge < -0.3 is 4.74 Å². The molecule has 1 aliphatic rings. The lowest BCUT2D eigenvalue weighted by molar-refractivity contribution is -0.170. The molecule has 1 aromatic carbocycles. The van der Waals surface area contributed by atoms with E-state index in [1.165, 1.54) is 0 Å². The first kappa shape index (κ1) is 14.0. The highest BCUT2D eigenvalue weighted by Crippen LogP contribution is 2.47. The Morgan fingerprint density at radius 1 is 1.05 bits per heavy atom. The van der Waals surface area contributed by atoms with Crippen molar-refractivity contribution >= 4 is 5.97 Å². The number of rotatable bonds is 3. The third-order valence-electron chi connectivity index (χ3n) is 3.32. The van der Waals surface area contributed by atoms with E-state index in [1.54, 1.807) is 0 Å². The van der Waals surface area contributed by atoms with Gasteiger partial charge in [-0.2, -0.15) is 9.78 Å². The largest absolute Gasteiger partial charge is 0.451 e. The van der Waals surface area contributed by atoms with Crippen molar-refractivity contribution in [1.82, 2.24) is 0 Å². The second-order valence-corrected chi connectivity index (χ2v) is 6.30. The van der Waals surface area contributed by atoms with E-state index in [2.05, 4.69) is 0 Å². The van der Waals surface area contributed by atoms with Gasteiger partial charge in [0.05, 0.1) is 0 Å². The Kier molecular flexibility index (Phi) is 3.19. The van der Waals surface area contributed by atoms with Crippen molar-refractivity contribution < 1.29 is 19.3 Å². The van der Waals surface area contributed by atoms with E-state index in [9.17, 15) is 4.79 Å². The highest BCUT2D eigenvalue weighted by Gasteiger charge is 2.67. The van der Waals surface area contributed by atoms with Gasteiger partial charge in [0.15, 0.2) is 0 Å². The number of hydrogen-bond acceptors (Lipinski definition) is 4. The third-order valence-corrected chi connectivity index (χ3v) is 3.32. The molecule has 4 heteroatoms. The van der Waals surface area contributed by atoms with Gasteiger partial charge in [-0.1, -0.05) is 51.1 Å². The fourth-order valence-corrected chi connectivity index (χ4v) is 1.86. The molecule has 1 heterocycles. The molecule has 1 fully saturated rings. The molecule has 0 saturated carbocycles. The SMILES string of the molecule is CC(C)(OC(=O)C1(C(C)(C)C)OO1)c1ccccc1. The zero-order valence-corrected chi connectivity index (χ0v) is 12.0. The van der Waals surface area contributed by atoms with Gasteiger partial charge in [0, 0.05) is 5.41 Å². The molecule has 0 bridgehead atoms. The van der Waals surface area contributed by atoms with Crippen molar-refractivity contribution in [1.29, 1.82) is 0 Å². The molecule has 0 atom stereocenters. The van der Waals surface area contributed by atoms with Crippen molar-refractivity contribution in [3.63, 3.8) is 0 Å². The Hall–Kier alpha value is -1.39. The third kappa shape index (κ3) is 2.51. The topological polar surface area (TPSA) is 51.4 Å². The smallest absolute Gasteiger partial charge is 0.374 e. The van der Waals surface area contributed by atoms with Gasteiger partial charge in [-0.25, -0.2) is 4.79 Å². The second kappa shape index (κ2) is 4.32. The molecule has 1 saturated heterocycles. The summed E-state index contributed by atoms with van der Waals surface area (Å²) in [6.45, 7) is 9.31. The van der Waals surface area contributed by atoms with Gasteiger partial charge in [-0.15, -0.1) is 0 Å². The van der Waals surface area contributed by atoms with E-state index in [4.69, 9.17) is 14.5 Å². The summed E-state index contributed by atoms with van der Waals surface area (Å²) < 4.78 is 5.59. The molecule has 1 aromatic rings. The number of carbonyl (C=O) groups excluding carboxylic acids is 1. The fourth-order valence-electron chi connectivity index (χ4n) is 1.86. The van der Waals surface area contributed by atoms with E-state index < -0.39 is 22.8 Å². The summed E-state index contributed by atoms with van der Waals surface area (Å²) in [6, 6.07) is 9.59. The Bertz CT molecular complexity index is 467. The standard InChI is InChI=1S/C15H20O4/c1-13(2,3)15(18-19-15)12(16)17-14(4,5)11-9-7-6-8-10-11/h6-10H,1-5H3. The van der Waals surface area contributed by atoms with E-state index in [0.29, 0.717) is 0 Å². The van der Waals surface area contributed by atoms with E-state index in [-0.39, 0.29) is 0 Å². The van der Waals surface area contributed by atoms with Gasteiger partial charge >= 0.3 is 11.8 Å². The first-order valence-electron chi connectivity index (χ1n) is 6.35. The van der Waals surface area contributed by atoms with Crippen LogP contribution >= 0.6 is 0 Å². The number of esters is 1. The highest BCUT2D eigenvalue weighted by molar-refractivity contribution is 5.80. The molecular weight excluding hydrogens is 244 g/mol. The molecule has 104 valence electrons. The molecule has 0 radical (unpaired) electrons. The van der Waals surface area contributed by atoms with E-state index >= 15 is 0 Å². The Balaban J connectivity index is 2.16. The van der Waals surface area contributed by atoms with Crippen LogP contribution in [0.1, 0.15) is 40.2 Å². The number of ether oxygens (including phenoxy) is 1. The van der Waals surface area contributed by atoms with Gasteiger partial charge in [-0.05, 0) is 19.4 Å². The molecule has 0 spiro atoms. The Morgan fingerprint density at radius 2 is 1.58 bits per heavy atom. The molecule has 0 N–H and O–H groups in total. The molecule has 1 aliphatic heterocycles. The van der Waals surface area contributed by atoms with Crippen molar-refractivity contribution in [2.75, 3.05) is 0 Å². The van der Waals surface area contributed by atoms with Gasteiger partial charge in [0.25, 0.3) is 0 Å². The van der Waals surface area contributed by atoms with Crippen LogP contribution in [0.5, 0.6) is 0 Å². The molecule has 0 amide bonds. The molecule has 0 aliphatic carbocycles. The van der Waals surface area contributed by atoms with Crippen LogP contribution in [0.3, 0.4) is 0 Å². The van der Waals surface area contributed by atoms with Crippen molar-refractivity contribution in [2.24, 2.45) is 5.41 Å². The summed E-state index contributed by atoms with van der Waals surface area (Å²) in [5.41, 5.74) is -0.281. The van der Waals surface area contributed by atoms with Gasteiger partial charge in [0.1, 0.15) is 5.60 Å². The minimum absolute atomic E-state index is 0.475. The normalized spacial score (nSPS) is 17.9. The Morgan fingerprint density at radius 3 is 2.00 bits per heavy atom. The minimum atomic E-state index is -1.28. The van der Waals surface area contributed by atoms with Crippen LogP contribution in [0, 0.1) is 5.41 Å². The summed E-state index contributed by atoms with van der Waals surface area (Å²) in [5.74, 6) is -1.77. The van der Waals surface area contributed by atoms with E-state index in [1.807, 2.05) is 65.0 Å². The van der Waals surface area contributed by atoms with Crippen LogP contribution < -0.4 is 0 Å². The Labute approximate surface area is 113 Å². The minimum Gasteiger partial charge on any atom is -0.451 e. The first-order valence-corrected chi connectivity index (χ1v) is 6.35. The summed E-state index contributed by atoms with van der Waals surface area (Å²) in [5, 5.41) is 0. The summed E-state index contributed by atoms with van der Waals surface area (Å²) >= 11 is 0. The van der Waals surface area contributed by atoms with Gasteiger partial charge in [0.2, 0.25) is 0 Å². The number of hydrogen-bond donors (Lipinski definition) is 0. The quantitative estimate of drug-likeness (QED) is 0.478. The number of carbonyl (C=O) groups is 1. The fraction of sp³-hybridized carbons (Fsp3) is 0.533. The van der Waals surface area contributed by atoms with Crippen LogP contribution in [0.25, 0.3) is 0 Å². The average molecular weight is 264 g/mol. The predicted octanol–water partition coefficient (Wildman–Crippen LogP) is 3.17. The van der Waals surface area contributed by atoms with Crippen LogP contribution in [0.15, 0.2) is 30.3 Å². The molecular formula is C15H20O4. The zero-order chi connectivity index (χ0) is 14.3. The van der Waals surface area contributed by atoms with Crippen LogP contribution in [0.4, 0.5) is 0 Å². The maximum absolute atomic E-state index is 12.3. The van der Waals surface area contributed by atoms with Crippen molar-refractivity contribution in [3.8, 4) is 0 Å². The van der Waals surface area contributed by atoms with Crippen LogP contribution in [0.2, 0.25) is 0 Å². The predicted molar refractivity (Wildman–Crippen MR) is 69.9 cm³/mol. The lowest BCUT2D eigenvalue weighted by Crippen LogP contribution is -2.42. The first-order chi connectivity index (χ1) is 8.69. The average Bonchev–Trinajstić information content (AvgIpc) is 3.09.